The number of rotatable bonds is 6. The zero-order valence-electron chi connectivity index (χ0n) is 25.2. The van der Waals surface area contributed by atoms with E-state index in [2.05, 4.69) is 32.7 Å². The van der Waals surface area contributed by atoms with Crippen LogP contribution in [0.5, 0.6) is 0 Å². The minimum Gasteiger partial charge on any atom is -0.337 e. The summed E-state index contributed by atoms with van der Waals surface area (Å²) in [6.07, 6.45) is 2.69. The number of imidazole rings is 1. The predicted molar refractivity (Wildman–Crippen MR) is 160 cm³/mol. The number of aromatic nitrogens is 3. The van der Waals surface area contributed by atoms with Crippen molar-refractivity contribution in [1.29, 1.82) is 0 Å². The SMILES string of the molecule is CCN1C(=O)c2nc(-c3ccc(C(=O)N4CC(C)CC(C)C4)nc3)n(Cc3ccc(F)c(F)c3)c2N2C[C@@H](C(C)C)N=C12. The molecule has 1 aromatic carbocycles. The second kappa shape index (κ2) is 11.2. The first kappa shape index (κ1) is 28.9. The Hall–Kier alpha value is -4.15. The molecule has 2 unspecified atom stereocenters. The Morgan fingerprint density at radius 2 is 1.79 bits per heavy atom. The number of pyridine rings is 1. The van der Waals surface area contributed by atoms with Crippen molar-refractivity contribution in [3.05, 3.63) is 65.1 Å². The van der Waals surface area contributed by atoms with E-state index in [4.69, 9.17) is 9.98 Å². The van der Waals surface area contributed by atoms with Crippen molar-refractivity contribution < 1.29 is 18.4 Å². The third-order valence-electron chi connectivity index (χ3n) is 8.59. The molecule has 0 bridgehead atoms. The van der Waals surface area contributed by atoms with Crippen LogP contribution in [0.1, 0.15) is 67.6 Å². The van der Waals surface area contributed by atoms with Crippen molar-refractivity contribution in [2.24, 2.45) is 22.7 Å². The van der Waals surface area contributed by atoms with Gasteiger partial charge < -0.3 is 9.47 Å². The van der Waals surface area contributed by atoms with E-state index in [0.717, 1.165) is 18.6 Å². The maximum absolute atomic E-state index is 14.3. The molecule has 0 spiro atoms. The molecule has 0 N–H and O–H groups in total. The fourth-order valence-corrected chi connectivity index (χ4v) is 6.48. The quantitative estimate of drug-likeness (QED) is 0.401. The first-order valence-electron chi connectivity index (χ1n) is 15.0. The Morgan fingerprint density at radius 1 is 1.05 bits per heavy atom. The summed E-state index contributed by atoms with van der Waals surface area (Å²) in [5.74, 6) is 0.423. The molecule has 3 aliphatic heterocycles. The summed E-state index contributed by atoms with van der Waals surface area (Å²) in [5, 5.41) is 0. The highest BCUT2D eigenvalue weighted by molar-refractivity contribution is 6.18. The molecule has 9 nitrogen and oxygen atoms in total. The van der Waals surface area contributed by atoms with E-state index in [1.807, 2.05) is 21.3 Å². The first-order chi connectivity index (χ1) is 20.5. The molecule has 11 heteroatoms. The highest BCUT2D eigenvalue weighted by atomic mass is 19.2. The van der Waals surface area contributed by atoms with Crippen LogP contribution in [-0.2, 0) is 6.54 Å². The first-order valence-corrected chi connectivity index (χ1v) is 15.0. The largest absolute Gasteiger partial charge is 0.337 e. The minimum atomic E-state index is -0.949. The average Bonchev–Trinajstić information content (AvgIpc) is 3.57. The molecule has 3 aliphatic rings. The summed E-state index contributed by atoms with van der Waals surface area (Å²) in [6, 6.07) is 7.22. The molecule has 0 saturated carbocycles. The van der Waals surface area contributed by atoms with E-state index in [1.165, 1.54) is 6.07 Å². The number of fused-ring (bicyclic) bond motifs is 3. The van der Waals surface area contributed by atoms with Crippen LogP contribution < -0.4 is 4.90 Å². The van der Waals surface area contributed by atoms with Gasteiger partial charge in [0.2, 0.25) is 5.96 Å². The van der Waals surface area contributed by atoms with Gasteiger partial charge in [0.1, 0.15) is 17.3 Å². The molecule has 43 heavy (non-hydrogen) atoms. The monoisotopic (exact) mass is 589 g/mol. The lowest BCUT2D eigenvalue weighted by Crippen LogP contribution is -2.50. The van der Waals surface area contributed by atoms with E-state index in [9.17, 15) is 18.4 Å². The Balaban J connectivity index is 1.43. The summed E-state index contributed by atoms with van der Waals surface area (Å²) in [4.78, 5) is 46.8. The molecule has 0 aliphatic carbocycles. The Morgan fingerprint density at radius 3 is 2.42 bits per heavy atom. The molecule has 226 valence electrons. The van der Waals surface area contributed by atoms with Gasteiger partial charge >= 0.3 is 0 Å². The fraction of sp³-hybridized carbons (Fsp3) is 0.469. The number of nitrogens with zero attached hydrogens (tertiary/aromatic N) is 7. The van der Waals surface area contributed by atoms with Crippen molar-refractivity contribution in [2.75, 3.05) is 31.1 Å². The van der Waals surface area contributed by atoms with E-state index in [-0.39, 0.29) is 36.0 Å². The number of carbonyl (C=O) groups excluding carboxylic acids is 2. The number of halogens is 2. The van der Waals surface area contributed by atoms with Gasteiger partial charge in [-0.15, -0.1) is 0 Å². The standard InChI is InChI=1S/C32H37F2N7O2/c1-6-39-31(43)27-29(41-17-26(18(2)3)36-32(39)41)40(16-21-7-9-23(33)24(34)12-21)28(37-27)22-8-10-25(35-13-22)30(42)38-14-19(4)11-20(5)15-38/h7-10,12-13,18-20,26H,6,11,14-17H2,1-5H3/t19?,20?,26-/m0/s1. The number of hydrogen-bond donors (Lipinski definition) is 0. The van der Waals surface area contributed by atoms with Gasteiger partial charge in [-0.2, -0.15) is 0 Å². The van der Waals surface area contributed by atoms with Gasteiger partial charge in [0.05, 0.1) is 19.1 Å². The Labute approximate surface area is 250 Å². The molecule has 3 atom stereocenters. The van der Waals surface area contributed by atoms with Gasteiger partial charge in [0.15, 0.2) is 17.3 Å². The van der Waals surface area contributed by atoms with Crippen LogP contribution in [0.15, 0.2) is 41.5 Å². The molecule has 6 rings (SSSR count). The van der Waals surface area contributed by atoms with Crippen molar-refractivity contribution in [3.8, 4) is 11.4 Å². The van der Waals surface area contributed by atoms with Crippen LogP contribution in [0.3, 0.4) is 0 Å². The van der Waals surface area contributed by atoms with Crippen molar-refractivity contribution >= 4 is 23.6 Å². The second-order valence-electron chi connectivity index (χ2n) is 12.4. The van der Waals surface area contributed by atoms with Gasteiger partial charge in [-0.3, -0.25) is 24.4 Å². The van der Waals surface area contributed by atoms with Gasteiger partial charge in [-0.25, -0.2) is 18.8 Å². The maximum Gasteiger partial charge on any atom is 0.283 e. The zero-order chi connectivity index (χ0) is 30.6. The van der Waals surface area contributed by atoms with Crippen LogP contribution in [0, 0.1) is 29.4 Å². The lowest BCUT2D eigenvalue weighted by Gasteiger charge is -2.34. The van der Waals surface area contributed by atoms with Gasteiger partial charge in [0, 0.05) is 31.4 Å². The molecule has 3 aromatic rings. The molecular weight excluding hydrogens is 552 g/mol. The topological polar surface area (TPSA) is 86.9 Å². The van der Waals surface area contributed by atoms with Gasteiger partial charge in [-0.1, -0.05) is 33.8 Å². The molecule has 2 amide bonds. The average molecular weight is 590 g/mol. The van der Waals surface area contributed by atoms with Crippen LogP contribution in [0.2, 0.25) is 0 Å². The number of hydrogen-bond acceptors (Lipinski definition) is 6. The number of anilines is 1. The summed E-state index contributed by atoms with van der Waals surface area (Å²) >= 11 is 0. The summed E-state index contributed by atoms with van der Waals surface area (Å²) < 4.78 is 29.9. The van der Waals surface area contributed by atoms with E-state index >= 15 is 0 Å². The Bertz CT molecular complexity index is 1590. The van der Waals surface area contributed by atoms with Gasteiger partial charge in [-0.05, 0) is 60.9 Å². The predicted octanol–water partition coefficient (Wildman–Crippen LogP) is 5.07. The summed E-state index contributed by atoms with van der Waals surface area (Å²) in [7, 11) is 0. The van der Waals surface area contributed by atoms with E-state index in [1.54, 1.807) is 23.2 Å². The zero-order valence-corrected chi connectivity index (χ0v) is 25.2. The number of amides is 2. The molecule has 2 aromatic heterocycles. The third kappa shape index (κ3) is 5.19. The highest BCUT2D eigenvalue weighted by Crippen LogP contribution is 2.37. The molecule has 0 radical (unpaired) electrons. The second-order valence-corrected chi connectivity index (χ2v) is 12.4. The normalized spacial score (nSPS) is 21.8. The third-order valence-corrected chi connectivity index (χ3v) is 8.59. The summed E-state index contributed by atoms with van der Waals surface area (Å²) in [6.45, 7) is 12.9. The number of carbonyl (C=O) groups is 2. The number of aliphatic imine (C=N–C) groups is 1. The van der Waals surface area contributed by atoms with Gasteiger partial charge in [0.25, 0.3) is 11.8 Å². The number of piperidine rings is 1. The van der Waals surface area contributed by atoms with Crippen molar-refractivity contribution in [3.63, 3.8) is 0 Å². The lowest BCUT2D eigenvalue weighted by molar-refractivity contribution is 0.0617. The maximum atomic E-state index is 14.3. The van der Waals surface area contributed by atoms with Crippen LogP contribution in [-0.4, -0.2) is 74.3 Å². The van der Waals surface area contributed by atoms with Crippen molar-refractivity contribution in [1.82, 2.24) is 24.3 Å². The molecular formula is C32H37F2N7O2. The number of benzene rings is 1. The highest BCUT2D eigenvalue weighted by Gasteiger charge is 2.44. The fourth-order valence-electron chi connectivity index (χ4n) is 6.48. The van der Waals surface area contributed by atoms with Crippen LogP contribution >= 0.6 is 0 Å². The lowest BCUT2D eigenvalue weighted by atomic mass is 9.92. The Kier molecular flexibility index (Phi) is 7.52. The van der Waals surface area contributed by atoms with E-state index < -0.39 is 11.6 Å². The minimum absolute atomic E-state index is 0.0231. The van der Waals surface area contributed by atoms with Crippen molar-refractivity contribution in [2.45, 2.75) is 53.6 Å². The number of likely N-dealkylation sites (tertiary alicyclic amines) is 1. The summed E-state index contributed by atoms with van der Waals surface area (Å²) in [5.41, 5.74) is 1.72. The number of guanidine groups is 1. The smallest absolute Gasteiger partial charge is 0.283 e. The molecule has 5 heterocycles. The van der Waals surface area contributed by atoms with Crippen LogP contribution in [0.25, 0.3) is 11.4 Å². The van der Waals surface area contributed by atoms with Crippen LogP contribution in [0.4, 0.5) is 14.6 Å². The van der Waals surface area contributed by atoms with E-state index in [0.29, 0.717) is 72.4 Å². The molecule has 1 saturated heterocycles. The molecule has 1 fully saturated rings.